The van der Waals surface area contributed by atoms with Crippen LogP contribution in [-0.4, -0.2) is 11.6 Å². The van der Waals surface area contributed by atoms with Gasteiger partial charge in [-0.1, -0.05) is 176 Å². The Labute approximate surface area is 283 Å². The lowest BCUT2D eigenvalue weighted by Crippen LogP contribution is -2.15. The minimum Gasteiger partial charge on any atom is -0.356 e. The number of Topliss-reactive ketones (excluding diaryl/α,β-unsaturated/α-hetero) is 2. The number of hydrogen-bond donors (Lipinski definition) is 0. The van der Waals surface area contributed by atoms with Gasteiger partial charge >= 0.3 is 0 Å². The van der Waals surface area contributed by atoms with E-state index < -0.39 is 0 Å². The van der Waals surface area contributed by atoms with E-state index in [1.165, 1.54) is 0 Å². The molecule has 4 atom stereocenters. The molecule has 0 heterocycles. The first-order valence-electron chi connectivity index (χ1n) is 17.7. The van der Waals surface area contributed by atoms with E-state index in [1.54, 1.807) is 0 Å². The fourth-order valence-corrected chi connectivity index (χ4v) is 6.23. The van der Waals surface area contributed by atoms with Crippen molar-refractivity contribution in [3.63, 3.8) is 0 Å². The topological polar surface area (TPSA) is 43.4 Å². The van der Waals surface area contributed by atoms with Gasteiger partial charge in [0.05, 0.1) is 0 Å². The average molecular weight is 631 g/mol. The summed E-state index contributed by atoms with van der Waals surface area (Å²) in [7, 11) is 0. The van der Waals surface area contributed by atoms with Crippen molar-refractivity contribution in [2.24, 2.45) is 23.7 Å². The van der Waals surface area contributed by atoms with Crippen molar-refractivity contribution in [1.82, 2.24) is 0 Å². The largest absolute Gasteiger partial charge is 0.356 e. The Balaban J connectivity index is 1.59. The minimum absolute atomic E-state index is 0.00103. The van der Waals surface area contributed by atoms with Gasteiger partial charge in [0.15, 0.2) is 11.6 Å². The van der Waals surface area contributed by atoms with Gasteiger partial charge in [-0.15, -0.1) is 0 Å². The SMILES string of the molecule is CC(C)CCCC(C)C(=O)c1ccc(C(OC(c2ccccc2)c2ccc(C(=O)C(C)CCCC(C)C)cc2)c2ccccc2)cc1. The van der Waals surface area contributed by atoms with Crippen LogP contribution in [0.1, 0.15) is 135 Å². The van der Waals surface area contributed by atoms with Crippen LogP contribution in [-0.2, 0) is 4.74 Å². The van der Waals surface area contributed by atoms with Crippen LogP contribution in [0.5, 0.6) is 0 Å². The maximum atomic E-state index is 13.3. The zero-order valence-corrected chi connectivity index (χ0v) is 29.3. The molecule has 0 spiro atoms. The fourth-order valence-electron chi connectivity index (χ4n) is 6.23. The molecule has 0 saturated heterocycles. The molecule has 0 bridgehead atoms. The molecule has 4 unspecified atom stereocenters. The van der Waals surface area contributed by atoms with E-state index in [1.807, 2.05) is 98.8 Å². The quantitative estimate of drug-likeness (QED) is 0.103. The number of carbonyl (C=O) groups is 2. The standard InChI is InChI=1S/C44H54O3/c1-31(2)15-13-17-33(5)41(45)35-23-27-39(28-24-35)43(37-19-9-7-10-20-37)47-44(38-21-11-8-12-22-38)40-29-25-36(26-30-40)42(46)34(6)18-14-16-32(3)4/h7-12,19-34,43-44H,13-18H2,1-6H3. The molecule has 4 aromatic carbocycles. The summed E-state index contributed by atoms with van der Waals surface area (Å²) in [5.41, 5.74) is 5.55. The second-order valence-electron chi connectivity index (χ2n) is 14.1. The number of hydrogen-bond acceptors (Lipinski definition) is 3. The van der Waals surface area contributed by atoms with Crippen LogP contribution < -0.4 is 0 Å². The number of benzene rings is 4. The summed E-state index contributed by atoms with van der Waals surface area (Å²) in [6.07, 6.45) is 5.52. The summed E-state index contributed by atoms with van der Waals surface area (Å²) in [6, 6.07) is 36.5. The monoisotopic (exact) mass is 630 g/mol. The lowest BCUT2D eigenvalue weighted by molar-refractivity contribution is 0.0308. The van der Waals surface area contributed by atoms with Gasteiger partial charge in [-0.25, -0.2) is 0 Å². The Bertz CT molecular complexity index is 1390. The minimum atomic E-state index is -0.365. The van der Waals surface area contributed by atoms with Gasteiger partial charge in [0.1, 0.15) is 12.2 Å². The van der Waals surface area contributed by atoms with E-state index in [0.29, 0.717) is 11.8 Å². The molecule has 4 aromatic rings. The number of carbonyl (C=O) groups excluding carboxylic acids is 2. The molecule has 0 aliphatic heterocycles. The summed E-state index contributed by atoms with van der Waals surface area (Å²) >= 11 is 0. The first kappa shape index (κ1) is 36.0. The van der Waals surface area contributed by atoms with Crippen LogP contribution in [0.15, 0.2) is 109 Å². The molecule has 0 radical (unpaired) electrons. The van der Waals surface area contributed by atoms with Gasteiger partial charge in [0.2, 0.25) is 0 Å². The summed E-state index contributed by atoms with van der Waals surface area (Å²) in [5, 5.41) is 0. The number of rotatable bonds is 18. The van der Waals surface area contributed by atoms with Crippen LogP contribution in [0.25, 0.3) is 0 Å². The van der Waals surface area contributed by atoms with E-state index in [2.05, 4.69) is 52.0 Å². The van der Waals surface area contributed by atoms with Crippen LogP contribution >= 0.6 is 0 Å². The molecule has 248 valence electrons. The second-order valence-corrected chi connectivity index (χ2v) is 14.1. The molecule has 0 aromatic heterocycles. The maximum Gasteiger partial charge on any atom is 0.165 e. The highest BCUT2D eigenvalue weighted by Gasteiger charge is 2.25. The van der Waals surface area contributed by atoms with E-state index in [4.69, 9.17) is 4.74 Å². The third-order valence-corrected chi connectivity index (χ3v) is 9.21. The molecular weight excluding hydrogens is 576 g/mol. The zero-order chi connectivity index (χ0) is 33.8. The molecule has 47 heavy (non-hydrogen) atoms. The zero-order valence-electron chi connectivity index (χ0n) is 29.3. The molecule has 3 nitrogen and oxygen atoms in total. The lowest BCUT2D eigenvalue weighted by Gasteiger charge is -2.27. The van der Waals surface area contributed by atoms with Gasteiger partial charge in [0, 0.05) is 23.0 Å². The predicted molar refractivity (Wildman–Crippen MR) is 195 cm³/mol. The van der Waals surface area contributed by atoms with E-state index in [0.717, 1.165) is 71.9 Å². The second kappa shape index (κ2) is 17.9. The highest BCUT2D eigenvalue weighted by atomic mass is 16.5. The third-order valence-electron chi connectivity index (χ3n) is 9.21. The number of ether oxygens (including phenoxy) is 1. The normalized spacial score (nSPS) is 14.1. The Hall–Kier alpha value is -3.82. The van der Waals surface area contributed by atoms with Crippen LogP contribution in [0, 0.1) is 23.7 Å². The van der Waals surface area contributed by atoms with Gasteiger partial charge < -0.3 is 4.74 Å². The van der Waals surface area contributed by atoms with E-state index >= 15 is 0 Å². The van der Waals surface area contributed by atoms with Gasteiger partial charge in [-0.2, -0.15) is 0 Å². The van der Waals surface area contributed by atoms with Crippen molar-refractivity contribution in [3.05, 3.63) is 143 Å². The third kappa shape index (κ3) is 10.6. The van der Waals surface area contributed by atoms with Crippen LogP contribution in [0.2, 0.25) is 0 Å². The van der Waals surface area contributed by atoms with E-state index in [-0.39, 0.29) is 35.6 Å². The van der Waals surface area contributed by atoms with Crippen molar-refractivity contribution in [3.8, 4) is 0 Å². The Morgan fingerprint density at radius 1 is 0.447 bits per heavy atom. The molecule has 0 N–H and O–H groups in total. The summed E-state index contributed by atoms with van der Waals surface area (Å²) in [5.74, 6) is 1.70. The van der Waals surface area contributed by atoms with Crippen LogP contribution in [0.4, 0.5) is 0 Å². The Kier molecular flexibility index (Phi) is 13.7. The van der Waals surface area contributed by atoms with Crippen molar-refractivity contribution >= 4 is 11.6 Å². The fraction of sp³-hybridized carbons (Fsp3) is 0.409. The Morgan fingerprint density at radius 2 is 0.766 bits per heavy atom. The lowest BCUT2D eigenvalue weighted by atomic mass is 9.91. The summed E-state index contributed by atoms with van der Waals surface area (Å²) < 4.78 is 7.07. The van der Waals surface area contributed by atoms with Crippen molar-refractivity contribution in [2.75, 3.05) is 0 Å². The van der Waals surface area contributed by atoms with E-state index in [9.17, 15) is 9.59 Å². The Morgan fingerprint density at radius 3 is 1.09 bits per heavy atom. The average Bonchev–Trinajstić information content (AvgIpc) is 3.08. The smallest absolute Gasteiger partial charge is 0.165 e. The van der Waals surface area contributed by atoms with Gasteiger partial charge in [0.25, 0.3) is 0 Å². The molecule has 3 heteroatoms. The van der Waals surface area contributed by atoms with Crippen LogP contribution in [0.3, 0.4) is 0 Å². The molecule has 0 aliphatic carbocycles. The predicted octanol–water partition coefficient (Wildman–Crippen LogP) is 11.9. The number of ketones is 2. The van der Waals surface area contributed by atoms with Crippen molar-refractivity contribution < 1.29 is 14.3 Å². The van der Waals surface area contributed by atoms with Crippen molar-refractivity contribution in [2.45, 2.75) is 92.3 Å². The van der Waals surface area contributed by atoms with Gasteiger partial charge in [-0.3, -0.25) is 9.59 Å². The molecule has 0 aliphatic rings. The van der Waals surface area contributed by atoms with Gasteiger partial charge in [-0.05, 0) is 46.9 Å². The summed E-state index contributed by atoms with van der Waals surface area (Å²) in [4.78, 5) is 26.5. The van der Waals surface area contributed by atoms with Crippen molar-refractivity contribution in [1.29, 1.82) is 0 Å². The molecular formula is C44H54O3. The molecule has 0 saturated carbocycles. The molecule has 0 amide bonds. The first-order chi connectivity index (χ1) is 22.6. The highest BCUT2D eigenvalue weighted by Crippen LogP contribution is 2.36. The molecule has 0 fully saturated rings. The summed E-state index contributed by atoms with van der Waals surface area (Å²) in [6.45, 7) is 13.0. The first-order valence-corrected chi connectivity index (χ1v) is 17.7. The molecule has 4 rings (SSSR count). The highest BCUT2D eigenvalue weighted by molar-refractivity contribution is 5.98. The maximum absolute atomic E-state index is 13.3.